The highest BCUT2D eigenvalue weighted by Crippen LogP contribution is 2.49. The number of nitrogens with one attached hydrogen (secondary N) is 1. The molecule has 30 heavy (non-hydrogen) atoms. The van der Waals surface area contributed by atoms with Gasteiger partial charge in [0.25, 0.3) is 11.5 Å². The van der Waals surface area contributed by atoms with E-state index in [1.54, 1.807) is 6.07 Å². The van der Waals surface area contributed by atoms with Crippen molar-refractivity contribution in [1.82, 2.24) is 15.1 Å². The van der Waals surface area contributed by atoms with E-state index >= 15 is 0 Å². The Labute approximate surface area is 176 Å². The van der Waals surface area contributed by atoms with E-state index in [1.165, 1.54) is 30.4 Å². The van der Waals surface area contributed by atoms with Crippen molar-refractivity contribution < 1.29 is 4.79 Å². The molecule has 0 aliphatic heterocycles. The number of benzene rings is 2. The van der Waals surface area contributed by atoms with Gasteiger partial charge in [-0.1, -0.05) is 55.0 Å². The van der Waals surface area contributed by atoms with Crippen molar-refractivity contribution in [2.75, 3.05) is 0 Å². The Morgan fingerprint density at radius 3 is 2.50 bits per heavy atom. The number of rotatable bonds is 5. The fraction of sp³-hybridized carbons (Fsp3) is 0.400. The average Bonchev–Trinajstić information content (AvgIpc) is 3.40. The molecule has 0 spiro atoms. The Bertz CT molecular complexity index is 1140. The second-order valence-electron chi connectivity index (χ2n) is 8.94. The summed E-state index contributed by atoms with van der Waals surface area (Å²) >= 11 is 0. The summed E-state index contributed by atoms with van der Waals surface area (Å²) in [6.45, 7) is 2.46. The van der Waals surface area contributed by atoms with Gasteiger partial charge in [0, 0.05) is 11.4 Å². The van der Waals surface area contributed by atoms with Crippen molar-refractivity contribution in [3.8, 4) is 0 Å². The Morgan fingerprint density at radius 1 is 1.07 bits per heavy atom. The first-order valence-corrected chi connectivity index (χ1v) is 10.9. The summed E-state index contributed by atoms with van der Waals surface area (Å²) in [5.41, 5.74) is 1.13. The number of amides is 1. The topological polar surface area (TPSA) is 64.0 Å². The molecule has 0 radical (unpaired) electrons. The van der Waals surface area contributed by atoms with E-state index in [-0.39, 0.29) is 17.5 Å². The molecule has 1 amide bonds. The Kier molecular flexibility index (Phi) is 4.89. The molecule has 1 aromatic heterocycles. The van der Waals surface area contributed by atoms with Gasteiger partial charge in [0.15, 0.2) is 5.69 Å². The molecule has 2 fully saturated rings. The fourth-order valence-electron chi connectivity index (χ4n) is 5.55. The van der Waals surface area contributed by atoms with E-state index in [4.69, 9.17) is 0 Å². The van der Waals surface area contributed by atoms with Crippen LogP contribution in [0.15, 0.2) is 59.4 Å². The third kappa shape index (κ3) is 3.42. The van der Waals surface area contributed by atoms with E-state index in [2.05, 4.69) is 17.3 Å². The zero-order valence-electron chi connectivity index (χ0n) is 17.3. The molecule has 2 saturated carbocycles. The van der Waals surface area contributed by atoms with Crippen molar-refractivity contribution in [2.45, 2.75) is 45.2 Å². The summed E-state index contributed by atoms with van der Waals surface area (Å²) in [5, 5.41) is 8.87. The maximum absolute atomic E-state index is 13.3. The lowest BCUT2D eigenvalue weighted by Gasteiger charge is -2.28. The molecule has 5 nitrogen and oxygen atoms in total. The lowest BCUT2D eigenvalue weighted by Crippen LogP contribution is -2.41. The van der Waals surface area contributed by atoms with Crippen LogP contribution < -0.4 is 10.9 Å². The van der Waals surface area contributed by atoms with Gasteiger partial charge in [-0.2, -0.15) is 5.10 Å². The largest absolute Gasteiger partial charge is 0.348 e. The number of carbonyl (C=O) groups excluding carboxylic acids is 1. The summed E-state index contributed by atoms with van der Waals surface area (Å²) in [5.74, 6) is 1.94. The molecule has 3 aromatic rings. The molecule has 154 valence electrons. The summed E-state index contributed by atoms with van der Waals surface area (Å²) < 4.78 is 1.41. The second kappa shape index (κ2) is 7.71. The van der Waals surface area contributed by atoms with Gasteiger partial charge in [0.1, 0.15) is 0 Å². The van der Waals surface area contributed by atoms with Crippen LogP contribution >= 0.6 is 0 Å². The van der Waals surface area contributed by atoms with E-state index in [0.29, 0.717) is 28.9 Å². The zero-order chi connectivity index (χ0) is 20.7. The van der Waals surface area contributed by atoms with E-state index in [1.807, 2.05) is 48.5 Å². The molecule has 2 bridgehead atoms. The molecule has 0 saturated heterocycles. The number of aromatic nitrogens is 2. The summed E-state index contributed by atoms with van der Waals surface area (Å²) in [4.78, 5) is 26.3. The normalized spacial score (nSPS) is 23.6. The first-order chi connectivity index (χ1) is 14.6. The van der Waals surface area contributed by atoms with Crippen LogP contribution in [-0.4, -0.2) is 21.7 Å². The lowest BCUT2D eigenvalue weighted by atomic mass is 9.84. The minimum Gasteiger partial charge on any atom is -0.348 e. The van der Waals surface area contributed by atoms with Crippen molar-refractivity contribution in [2.24, 2.45) is 17.8 Å². The quantitative estimate of drug-likeness (QED) is 0.703. The first kappa shape index (κ1) is 19.0. The van der Waals surface area contributed by atoms with Gasteiger partial charge in [-0.3, -0.25) is 9.59 Å². The minimum atomic E-state index is -0.191. The SMILES string of the molecule is CC(NC(=O)c1nn(Cc2ccccc2)c(=O)c2ccccc12)C1CC2CCC1C2. The fourth-order valence-corrected chi connectivity index (χ4v) is 5.55. The van der Waals surface area contributed by atoms with Gasteiger partial charge >= 0.3 is 0 Å². The van der Waals surface area contributed by atoms with Crippen molar-refractivity contribution in [3.05, 3.63) is 76.2 Å². The van der Waals surface area contributed by atoms with Crippen molar-refractivity contribution >= 4 is 16.7 Å². The summed E-state index contributed by atoms with van der Waals surface area (Å²) in [6, 6.07) is 17.1. The number of carbonyl (C=O) groups is 1. The predicted octanol–water partition coefficient (Wildman–Crippen LogP) is 4.00. The van der Waals surface area contributed by atoms with Crippen LogP contribution in [0.25, 0.3) is 10.8 Å². The highest BCUT2D eigenvalue weighted by molar-refractivity contribution is 6.04. The van der Waals surface area contributed by atoms with Gasteiger partial charge in [-0.25, -0.2) is 4.68 Å². The number of fused-ring (bicyclic) bond motifs is 3. The zero-order valence-corrected chi connectivity index (χ0v) is 17.3. The van der Waals surface area contributed by atoms with Crippen LogP contribution in [0.4, 0.5) is 0 Å². The van der Waals surface area contributed by atoms with Gasteiger partial charge < -0.3 is 5.32 Å². The molecule has 1 N–H and O–H groups in total. The molecule has 5 rings (SSSR count). The minimum absolute atomic E-state index is 0.114. The Morgan fingerprint density at radius 2 is 1.80 bits per heavy atom. The second-order valence-corrected chi connectivity index (χ2v) is 8.94. The standard InChI is InChI=1S/C25H27N3O2/c1-16(22-14-18-11-12-19(22)13-18)26-24(29)23-20-9-5-6-10-21(20)25(30)28(27-23)15-17-7-3-2-4-8-17/h2-10,16,18-19,22H,11-15H2,1H3,(H,26,29). The van der Waals surface area contributed by atoms with E-state index in [9.17, 15) is 9.59 Å². The lowest BCUT2D eigenvalue weighted by molar-refractivity contribution is 0.0909. The average molecular weight is 402 g/mol. The summed E-state index contributed by atoms with van der Waals surface area (Å²) in [6.07, 6.45) is 5.17. The van der Waals surface area contributed by atoms with Gasteiger partial charge in [0.05, 0.1) is 11.9 Å². The van der Waals surface area contributed by atoms with Crippen LogP contribution in [0.3, 0.4) is 0 Å². The van der Waals surface area contributed by atoms with Gasteiger partial charge in [-0.05, 0) is 55.6 Å². The molecule has 4 unspecified atom stereocenters. The third-order valence-corrected chi connectivity index (χ3v) is 7.05. The van der Waals surface area contributed by atoms with Crippen LogP contribution in [-0.2, 0) is 6.54 Å². The molecular formula is C25H27N3O2. The van der Waals surface area contributed by atoms with Crippen molar-refractivity contribution in [1.29, 1.82) is 0 Å². The highest BCUT2D eigenvalue weighted by Gasteiger charge is 2.42. The van der Waals surface area contributed by atoms with Crippen LogP contribution in [0.1, 0.15) is 48.7 Å². The van der Waals surface area contributed by atoms with Crippen LogP contribution in [0.5, 0.6) is 0 Å². The van der Waals surface area contributed by atoms with Crippen molar-refractivity contribution in [3.63, 3.8) is 0 Å². The number of hydrogen-bond acceptors (Lipinski definition) is 3. The van der Waals surface area contributed by atoms with Gasteiger partial charge in [0.2, 0.25) is 0 Å². The maximum atomic E-state index is 13.3. The third-order valence-electron chi connectivity index (χ3n) is 7.05. The molecule has 2 aliphatic carbocycles. The molecule has 2 aliphatic rings. The molecule has 4 atom stereocenters. The Balaban J connectivity index is 1.47. The smallest absolute Gasteiger partial charge is 0.274 e. The number of hydrogen-bond donors (Lipinski definition) is 1. The van der Waals surface area contributed by atoms with E-state index in [0.717, 1.165) is 17.4 Å². The maximum Gasteiger partial charge on any atom is 0.274 e. The van der Waals surface area contributed by atoms with Crippen LogP contribution in [0.2, 0.25) is 0 Å². The first-order valence-electron chi connectivity index (χ1n) is 10.9. The molecule has 5 heteroatoms. The highest BCUT2D eigenvalue weighted by atomic mass is 16.2. The Hall–Kier alpha value is -2.95. The predicted molar refractivity (Wildman–Crippen MR) is 117 cm³/mol. The van der Waals surface area contributed by atoms with Gasteiger partial charge in [-0.15, -0.1) is 0 Å². The molecule has 2 aromatic carbocycles. The number of nitrogens with zero attached hydrogens (tertiary/aromatic N) is 2. The van der Waals surface area contributed by atoms with Crippen LogP contribution in [0, 0.1) is 17.8 Å². The van der Waals surface area contributed by atoms with E-state index < -0.39 is 0 Å². The summed E-state index contributed by atoms with van der Waals surface area (Å²) in [7, 11) is 0. The molecule has 1 heterocycles. The monoisotopic (exact) mass is 401 g/mol. The molecular weight excluding hydrogens is 374 g/mol.